The van der Waals surface area contributed by atoms with Gasteiger partial charge in [-0.15, -0.1) is 0 Å². The molecule has 0 unspecified atom stereocenters. The van der Waals surface area contributed by atoms with Gasteiger partial charge in [0.2, 0.25) is 0 Å². The Hall–Kier alpha value is -2.16. The second-order valence-electron chi connectivity index (χ2n) is 4.04. The predicted molar refractivity (Wildman–Crippen MR) is 77.6 cm³/mol. The van der Waals surface area contributed by atoms with Crippen LogP contribution in [-0.4, -0.2) is 17.9 Å². The van der Waals surface area contributed by atoms with Crippen molar-refractivity contribution in [3.05, 3.63) is 57.6 Å². The summed E-state index contributed by atoms with van der Waals surface area (Å²) in [6.07, 6.45) is 0. The second-order valence-corrected chi connectivity index (χ2v) is 5.87. The van der Waals surface area contributed by atoms with Gasteiger partial charge in [0.15, 0.2) is 0 Å². The molecule has 21 heavy (non-hydrogen) atoms. The van der Waals surface area contributed by atoms with E-state index < -0.39 is 25.6 Å². The Labute approximate surface area is 125 Å². The lowest BCUT2D eigenvalue weighted by Crippen LogP contribution is -2.04. The van der Waals surface area contributed by atoms with Gasteiger partial charge < -0.3 is 5.32 Å². The van der Waals surface area contributed by atoms with Gasteiger partial charge in [0.1, 0.15) is 4.90 Å². The minimum Gasteiger partial charge on any atom is -0.354 e. The van der Waals surface area contributed by atoms with Crippen LogP contribution in [0, 0.1) is 10.1 Å². The van der Waals surface area contributed by atoms with E-state index in [-0.39, 0.29) is 5.69 Å². The molecule has 0 aliphatic carbocycles. The van der Waals surface area contributed by atoms with E-state index in [1.54, 1.807) is 24.3 Å². The number of nitrogens with one attached hydrogen (secondary N) is 1. The van der Waals surface area contributed by atoms with Crippen molar-refractivity contribution in [1.29, 1.82) is 0 Å². The maximum absolute atomic E-state index is 11.3. The number of nitrogens with zero attached hydrogens (tertiary/aromatic N) is 1. The summed E-state index contributed by atoms with van der Waals surface area (Å²) >= 11 is 5.74. The van der Waals surface area contributed by atoms with Crippen molar-refractivity contribution in [2.75, 3.05) is 5.32 Å². The number of benzene rings is 2. The fraction of sp³-hybridized carbons (Fsp3) is 0. The van der Waals surface area contributed by atoms with Crippen LogP contribution in [-0.2, 0) is 10.1 Å². The van der Waals surface area contributed by atoms with Crippen LogP contribution in [0.5, 0.6) is 0 Å². The van der Waals surface area contributed by atoms with E-state index in [0.717, 1.165) is 12.1 Å². The van der Waals surface area contributed by atoms with Gasteiger partial charge in [-0.05, 0) is 30.3 Å². The number of non-ortho nitro benzene ring substituents is 1. The zero-order chi connectivity index (χ0) is 15.6. The summed E-state index contributed by atoms with van der Waals surface area (Å²) < 4.78 is 31.9. The summed E-state index contributed by atoms with van der Waals surface area (Å²) in [6.45, 7) is 0. The zero-order valence-electron chi connectivity index (χ0n) is 10.4. The molecule has 7 nitrogen and oxygen atoms in total. The number of hydrogen-bond acceptors (Lipinski definition) is 5. The van der Waals surface area contributed by atoms with E-state index in [1.165, 1.54) is 6.07 Å². The quantitative estimate of drug-likeness (QED) is 0.506. The topological polar surface area (TPSA) is 110 Å². The van der Waals surface area contributed by atoms with E-state index >= 15 is 0 Å². The first-order valence-electron chi connectivity index (χ1n) is 5.56. The molecule has 0 bridgehead atoms. The third-order valence-electron chi connectivity index (χ3n) is 2.58. The van der Waals surface area contributed by atoms with Crippen LogP contribution in [0.1, 0.15) is 0 Å². The Morgan fingerprint density at radius 2 is 1.76 bits per heavy atom. The van der Waals surface area contributed by atoms with Gasteiger partial charge in [0.05, 0.1) is 10.6 Å². The highest BCUT2D eigenvalue weighted by atomic mass is 35.5. The Balaban J connectivity index is 2.48. The Morgan fingerprint density at radius 3 is 2.29 bits per heavy atom. The Bertz CT molecular complexity index is 790. The zero-order valence-corrected chi connectivity index (χ0v) is 11.9. The number of rotatable bonds is 4. The van der Waals surface area contributed by atoms with E-state index in [4.69, 9.17) is 11.6 Å². The lowest BCUT2D eigenvalue weighted by molar-refractivity contribution is -0.385. The van der Waals surface area contributed by atoms with Gasteiger partial charge in [-0.1, -0.05) is 11.6 Å². The van der Waals surface area contributed by atoms with Crippen molar-refractivity contribution in [3.63, 3.8) is 0 Å². The Kier molecular flexibility index (Phi) is 4.12. The van der Waals surface area contributed by atoms with Crippen molar-refractivity contribution >= 4 is 38.8 Å². The first kappa shape index (κ1) is 15.2. The maximum atomic E-state index is 11.3. The molecule has 2 aromatic carbocycles. The van der Waals surface area contributed by atoms with Crippen LogP contribution in [0.25, 0.3) is 0 Å². The molecular weight excluding hydrogens is 320 g/mol. The molecule has 0 radical (unpaired) electrons. The molecule has 0 spiro atoms. The summed E-state index contributed by atoms with van der Waals surface area (Å²) in [5.74, 6) is 0. The predicted octanol–water partition coefficient (Wildman–Crippen LogP) is 3.24. The molecule has 9 heteroatoms. The minimum absolute atomic E-state index is 0.0189. The van der Waals surface area contributed by atoms with Crippen LogP contribution >= 0.6 is 11.6 Å². The molecule has 0 heterocycles. The Morgan fingerprint density at radius 1 is 1.14 bits per heavy atom. The van der Waals surface area contributed by atoms with Crippen molar-refractivity contribution in [2.45, 2.75) is 4.90 Å². The van der Waals surface area contributed by atoms with E-state index in [0.29, 0.717) is 10.7 Å². The van der Waals surface area contributed by atoms with Crippen molar-refractivity contribution < 1.29 is 17.9 Å². The fourth-order valence-corrected chi connectivity index (χ4v) is 2.42. The third-order valence-corrected chi connectivity index (χ3v) is 3.72. The van der Waals surface area contributed by atoms with Gasteiger partial charge in [0, 0.05) is 22.8 Å². The molecule has 0 fully saturated rings. The van der Waals surface area contributed by atoms with Crippen molar-refractivity contribution in [2.24, 2.45) is 0 Å². The number of anilines is 2. The maximum Gasteiger partial charge on any atom is 0.296 e. The fourth-order valence-electron chi connectivity index (χ4n) is 1.63. The average molecular weight is 329 g/mol. The van der Waals surface area contributed by atoms with Crippen LogP contribution in [0.3, 0.4) is 0 Å². The molecule has 0 saturated carbocycles. The number of nitro groups is 1. The van der Waals surface area contributed by atoms with E-state index in [1.807, 2.05) is 0 Å². The summed E-state index contributed by atoms with van der Waals surface area (Å²) in [7, 11) is -4.61. The molecule has 0 amide bonds. The van der Waals surface area contributed by atoms with Gasteiger partial charge in [-0.25, -0.2) is 0 Å². The van der Waals surface area contributed by atoms with Crippen LogP contribution in [0.15, 0.2) is 47.4 Å². The lowest BCUT2D eigenvalue weighted by atomic mass is 10.2. The van der Waals surface area contributed by atoms with Crippen molar-refractivity contribution in [3.8, 4) is 0 Å². The van der Waals surface area contributed by atoms with E-state index in [9.17, 15) is 23.1 Å². The normalized spacial score (nSPS) is 11.1. The number of halogens is 1. The SMILES string of the molecule is O=[N+]([O-])c1ccc(Nc2ccc(Cl)cc2)c(S(=O)(=O)O)c1. The van der Waals surface area contributed by atoms with Crippen LogP contribution in [0.2, 0.25) is 5.02 Å². The van der Waals surface area contributed by atoms with E-state index in [2.05, 4.69) is 5.32 Å². The highest BCUT2D eigenvalue weighted by molar-refractivity contribution is 7.86. The molecule has 0 aliphatic heterocycles. The summed E-state index contributed by atoms with van der Waals surface area (Å²) in [6, 6.07) is 9.48. The summed E-state index contributed by atoms with van der Waals surface area (Å²) in [5.41, 5.74) is 0.0906. The number of hydrogen-bond donors (Lipinski definition) is 2. The van der Waals surface area contributed by atoms with Gasteiger partial charge in [-0.3, -0.25) is 14.7 Å². The minimum atomic E-state index is -4.61. The number of nitro benzene ring substituents is 1. The molecule has 0 atom stereocenters. The summed E-state index contributed by atoms with van der Waals surface area (Å²) in [5, 5.41) is 13.9. The smallest absolute Gasteiger partial charge is 0.296 e. The molecule has 2 aromatic rings. The average Bonchev–Trinajstić information content (AvgIpc) is 2.40. The standard InChI is InChI=1S/C12H9ClN2O5S/c13-8-1-3-9(4-2-8)14-11-6-5-10(15(16)17)7-12(11)21(18,19)20/h1-7,14H,(H,18,19,20). The van der Waals surface area contributed by atoms with Crippen LogP contribution in [0.4, 0.5) is 17.1 Å². The van der Waals surface area contributed by atoms with Crippen LogP contribution < -0.4 is 5.32 Å². The van der Waals surface area contributed by atoms with Crippen molar-refractivity contribution in [1.82, 2.24) is 0 Å². The van der Waals surface area contributed by atoms with Gasteiger partial charge >= 0.3 is 0 Å². The van der Waals surface area contributed by atoms with Gasteiger partial charge in [-0.2, -0.15) is 8.42 Å². The van der Waals surface area contributed by atoms with Gasteiger partial charge in [0.25, 0.3) is 15.8 Å². The monoisotopic (exact) mass is 328 g/mol. The summed E-state index contributed by atoms with van der Waals surface area (Å²) in [4.78, 5) is 9.35. The largest absolute Gasteiger partial charge is 0.354 e. The first-order valence-corrected chi connectivity index (χ1v) is 7.38. The molecule has 0 saturated heterocycles. The highest BCUT2D eigenvalue weighted by Crippen LogP contribution is 2.29. The highest BCUT2D eigenvalue weighted by Gasteiger charge is 2.20. The molecule has 0 aromatic heterocycles. The first-order chi connectivity index (χ1) is 9.77. The molecule has 2 N–H and O–H groups in total. The molecular formula is C12H9ClN2O5S. The third kappa shape index (κ3) is 3.69. The molecule has 0 aliphatic rings. The molecule has 2 rings (SSSR count). The second kappa shape index (κ2) is 5.68. The molecule has 110 valence electrons. The lowest BCUT2D eigenvalue weighted by Gasteiger charge is -2.10.